The molecule has 1 aromatic carbocycles. The highest BCUT2D eigenvalue weighted by Crippen LogP contribution is 2.38. The molecule has 4 aromatic rings. The van der Waals surface area contributed by atoms with Crippen LogP contribution < -0.4 is 15.0 Å². The number of likely N-dealkylation sites (tertiary alicyclic amines) is 1. The molecule has 0 radical (unpaired) electrons. The van der Waals surface area contributed by atoms with Crippen molar-refractivity contribution in [2.45, 2.75) is 58.2 Å². The minimum absolute atomic E-state index is 0.120. The standard InChI is InChI=1S/C32H35FN6O3S/c1-21-16-29(38(18-21)19-23-9-12-34-30(33)17-23)31(41)36-32-35-27(20-43-32)28-4-3-13-39(28)24-5-7-25(8-6-24)42-26-10-14-37(15-11-26)22(2)40/h5-9,12,16-18,20,26,28H,3-4,10-11,13-15,19H2,1-2H3,(H,35,36,41). The Labute approximate surface area is 254 Å². The molecule has 43 heavy (non-hydrogen) atoms. The number of aryl methyl sites for hydroxylation is 1. The molecule has 2 amide bonds. The van der Waals surface area contributed by atoms with Gasteiger partial charge in [-0.3, -0.25) is 14.9 Å². The number of amides is 2. The number of piperidine rings is 1. The SMILES string of the molecule is CC(=O)N1CCC(Oc2ccc(N3CCCC3c3csc(NC(=O)c4cc(C)cn4Cc4ccnc(F)c4)n3)cc2)CC1. The number of anilines is 2. The lowest BCUT2D eigenvalue weighted by Crippen LogP contribution is -2.40. The number of nitrogens with one attached hydrogen (secondary N) is 1. The summed E-state index contributed by atoms with van der Waals surface area (Å²) >= 11 is 1.42. The summed E-state index contributed by atoms with van der Waals surface area (Å²) in [5.41, 5.74) is 4.20. The minimum Gasteiger partial charge on any atom is -0.490 e. The van der Waals surface area contributed by atoms with Gasteiger partial charge in [0.1, 0.15) is 17.5 Å². The number of carbonyl (C=O) groups excluding carboxylic acids is 2. The fourth-order valence-corrected chi connectivity index (χ4v) is 6.71. The van der Waals surface area contributed by atoms with E-state index in [9.17, 15) is 14.0 Å². The van der Waals surface area contributed by atoms with Crippen LogP contribution in [0, 0.1) is 12.9 Å². The molecule has 0 spiro atoms. The fourth-order valence-electron chi connectivity index (χ4n) is 5.95. The van der Waals surface area contributed by atoms with Crippen molar-refractivity contribution in [3.63, 3.8) is 0 Å². The van der Waals surface area contributed by atoms with E-state index in [1.807, 2.05) is 46.2 Å². The number of carbonyl (C=O) groups is 2. The van der Waals surface area contributed by atoms with Gasteiger partial charge in [0, 0.05) is 69.4 Å². The lowest BCUT2D eigenvalue weighted by molar-refractivity contribution is -0.130. The predicted octanol–water partition coefficient (Wildman–Crippen LogP) is 5.82. The van der Waals surface area contributed by atoms with Crippen molar-refractivity contribution in [2.75, 3.05) is 29.9 Å². The molecular formula is C32H35FN6O3S. The van der Waals surface area contributed by atoms with Crippen LogP contribution in [0.1, 0.15) is 66.0 Å². The number of rotatable bonds is 8. The quantitative estimate of drug-likeness (QED) is 0.256. The average molecular weight is 603 g/mol. The van der Waals surface area contributed by atoms with E-state index in [4.69, 9.17) is 9.72 Å². The first-order chi connectivity index (χ1) is 20.8. The van der Waals surface area contributed by atoms with Crippen molar-refractivity contribution in [3.8, 4) is 5.75 Å². The smallest absolute Gasteiger partial charge is 0.274 e. The van der Waals surface area contributed by atoms with Gasteiger partial charge >= 0.3 is 0 Å². The van der Waals surface area contributed by atoms with Crippen LogP contribution in [0.5, 0.6) is 5.75 Å². The second kappa shape index (κ2) is 12.5. The number of pyridine rings is 1. The predicted molar refractivity (Wildman–Crippen MR) is 164 cm³/mol. The highest BCUT2D eigenvalue weighted by molar-refractivity contribution is 7.14. The van der Waals surface area contributed by atoms with Gasteiger partial charge in [-0.2, -0.15) is 4.39 Å². The van der Waals surface area contributed by atoms with Gasteiger partial charge in [-0.15, -0.1) is 11.3 Å². The molecule has 9 nitrogen and oxygen atoms in total. The van der Waals surface area contributed by atoms with Crippen LogP contribution >= 0.6 is 11.3 Å². The number of hydrogen-bond donors (Lipinski definition) is 1. The van der Waals surface area contributed by atoms with Gasteiger partial charge in [-0.05, 0) is 73.4 Å². The van der Waals surface area contributed by atoms with E-state index in [2.05, 4.69) is 27.3 Å². The highest BCUT2D eigenvalue weighted by Gasteiger charge is 2.29. The van der Waals surface area contributed by atoms with E-state index in [0.717, 1.165) is 73.6 Å². The van der Waals surface area contributed by atoms with Crippen LogP contribution in [-0.2, 0) is 11.3 Å². The third-order valence-electron chi connectivity index (χ3n) is 8.10. The van der Waals surface area contributed by atoms with Crippen LogP contribution in [0.15, 0.2) is 60.2 Å². The number of nitrogens with zero attached hydrogens (tertiary/aromatic N) is 5. The Hall–Kier alpha value is -4.25. The molecule has 5 heterocycles. The van der Waals surface area contributed by atoms with Gasteiger partial charge in [0.05, 0.1) is 11.7 Å². The van der Waals surface area contributed by atoms with E-state index in [1.165, 1.54) is 23.6 Å². The lowest BCUT2D eigenvalue weighted by atomic mass is 10.1. The van der Waals surface area contributed by atoms with Crippen LogP contribution in [0.2, 0.25) is 0 Å². The first kappa shape index (κ1) is 28.9. The molecule has 6 rings (SSSR count). The third kappa shape index (κ3) is 6.72. The molecule has 1 atom stereocenters. The Morgan fingerprint density at radius 1 is 1.09 bits per heavy atom. The largest absolute Gasteiger partial charge is 0.490 e. The number of benzene rings is 1. The summed E-state index contributed by atoms with van der Waals surface area (Å²) in [6.45, 7) is 6.31. The number of halogens is 1. The molecule has 3 aromatic heterocycles. The van der Waals surface area contributed by atoms with Crippen molar-refractivity contribution in [3.05, 3.63) is 88.7 Å². The molecule has 0 bridgehead atoms. The number of ether oxygens (including phenoxy) is 1. The summed E-state index contributed by atoms with van der Waals surface area (Å²) in [6, 6.07) is 13.3. The normalized spacial score (nSPS) is 17.3. The summed E-state index contributed by atoms with van der Waals surface area (Å²) in [5.74, 6) is 0.164. The Kier molecular flexibility index (Phi) is 8.42. The summed E-state index contributed by atoms with van der Waals surface area (Å²) in [6.07, 6.45) is 7.14. The first-order valence-corrected chi connectivity index (χ1v) is 15.5. The summed E-state index contributed by atoms with van der Waals surface area (Å²) < 4.78 is 21.6. The van der Waals surface area contributed by atoms with E-state index < -0.39 is 5.95 Å². The molecule has 2 aliphatic rings. The molecule has 224 valence electrons. The van der Waals surface area contributed by atoms with Crippen molar-refractivity contribution in [1.82, 2.24) is 19.4 Å². The zero-order valence-electron chi connectivity index (χ0n) is 24.3. The van der Waals surface area contributed by atoms with Gasteiger partial charge in [0.25, 0.3) is 5.91 Å². The number of aromatic nitrogens is 3. The minimum atomic E-state index is -0.546. The van der Waals surface area contributed by atoms with Gasteiger partial charge < -0.3 is 19.1 Å². The van der Waals surface area contributed by atoms with E-state index in [-0.39, 0.29) is 24.0 Å². The van der Waals surface area contributed by atoms with Gasteiger partial charge in [-0.1, -0.05) is 0 Å². The molecule has 0 saturated carbocycles. The fraction of sp³-hybridized carbons (Fsp3) is 0.375. The second-order valence-electron chi connectivity index (χ2n) is 11.2. The molecule has 1 unspecified atom stereocenters. The number of hydrogen-bond acceptors (Lipinski definition) is 7. The second-order valence-corrected chi connectivity index (χ2v) is 12.1. The van der Waals surface area contributed by atoms with Crippen molar-refractivity contribution in [2.24, 2.45) is 0 Å². The van der Waals surface area contributed by atoms with Crippen LogP contribution in [0.4, 0.5) is 15.2 Å². The maximum Gasteiger partial charge on any atom is 0.274 e. The molecule has 0 aliphatic carbocycles. The Balaban J connectivity index is 1.08. The van der Waals surface area contributed by atoms with Crippen LogP contribution in [0.25, 0.3) is 0 Å². The van der Waals surface area contributed by atoms with Gasteiger partial charge in [-0.25, -0.2) is 9.97 Å². The molecule has 2 saturated heterocycles. The molecular weight excluding hydrogens is 567 g/mol. The zero-order chi connectivity index (χ0) is 29.9. The third-order valence-corrected chi connectivity index (χ3v) is 8.88. The van der Waals surface area contributed by atoms with Crippen LogP contribution in [-0.4, -0.2) is 57.0 Å². The topological polar surface area (TPSA) is 92.6 Å². The molecule has 2 fully saturated rings. The average Bonchev–Trinajstić information content (AvgIpc) is 3.74. The first-order valence-electron chi connectivity index (χ1n) is 14.7. The molecule has 2 aliphatic heterocycles. The van der Waals surface area contributed by atoms with Crippen molar-refractivity contribution < 1.29 is 18.7 Å². The lowest BCUT2D eigenvalue weighted by Gasteiger charge is -2.31. The van der Waals surface area contributed by atoms with E-state index in [0.29, 0.717) is 17.4 Å². The Morgan fingerprint density at radius 3 is 2.63 bits per heavy atom. The summed E-state index contributed by atoms with van der Waals surface area (Å²) in [7, 11) is 0. The number of thiazole rings is 1. The maximum absolute atomic E-state index is 13.6. The van der Waals surface area contributed by atoms with Gasteiger partial charge in [0.15, 0.2) is 5.13 Å². The van der Waals surface area contributed by atoms with Crippen LogP contribution in [0.3, 0.4) is 0 Å². The highest BCUT2D eigenvalue weighted by atomic mass is 32.1. The monoisotopic (exact) mass is 602 g/mol. The van der Waals surface area contributed by atoms with Crippen molar-refractivity contribution >= 4 is 34.0 Å². The zero-order valence-corrected chi connectivity index (χ0v) is 25.1. The van der Waals surface area contributed by atoms with Crippen molar-refractivity contribution in [1.29, 1.82) is 0 Å². The van der Waals surface area contributed by atoms with E-state index in [1.54, 1.807) is 13.0 Å². The molecule has 1 N–H and O–H groups in total. The Bertz CT molecular complexity index is 1590. The molecule has 11 heteroatoms. The summed E-state index contributed by atoms with van der Waals surface area (Å²) in [5, 5.41) is 5.54. The Morgan fingerprint density at radius 2 is 1.88 bits per heavy atom. The summed E-state index contributed by atoms with van der Waals surface area (Å²) in [4.78, 5) is 37.5. The maximum atomic E-state index is 13.6. The van der Waals surface area contributed by atoms with Gasteiger partial charge in [0.2, 0.25) is 11.9 Å². The van der Waals surface area contributed by atoms with E-state index >= 15 is 0 Å².